The Bertz CT molecular complexity index is 814. The molecule has 6 heteroatoms. The van der Waals surface area contributed by atoms with E-state index in [0.29, 0.717) is 5.69 Å². The average Bonchev–Trinajstić information content (AvgIpc) is 2.85. The van der Waals surface area contributed by atoms with Crippen molar-refractivity contribution in [2.24, 2.45) is 12.8 Å². The summed E-state index contributed by atoms with van der Waals surface area (Å²) in [6, 6.07) is 9.01. The molecule has 22 heavy (non-hydrogen) atoms. The van der Waals surface area contributed by atoms with E-state index in [1.165, 1.54) is 4.90 Å². The Morgan fingerprint density at radius 3 is 2.68 bits per heavy atom. The summed E-state index contributed by atoms with van der Waals surface area (Å²) in [5, 5.41) is 1.10. The summed E-state index contributed by atoms with van der Waals surface area (Å²) in [5.74, 6) is 0. The number of hydrogen-bond donors (Lipinski definition) is 1. The van der Waals surface area contributed by atoms with Crippen LogP contribution in [0.5, 0.6) is 0 Å². The lowest BCUT2D eigenvalue weighted by molar-refractivity contribution is 0.256. The second kappa shape index (κ2) is 6.07. The molecule has 114 valence electrons. The number of carbonyl (C=O) groups excluding carboxylic acids is 1. The Kier molecular flexibility index (Phi) is 4.37. The number of pyridine rings is 1. The molecular formula is C16H17ClN4O. The van der Waals surface area contributed by atoms with Crippen molar-refractivity contribution in [3.05, 3.63) is 54.5 Å². The van der Waals surface area contributed by atoms with E-state index < -0.39 is 6.03 Å². The van der Waals surface area contributed by atoms with E-state index >= 15 is 0 Å². The van der Waals surface area contributed by atoms with Gasteiger partial charge in [0.05, 0.1) is 17.6 Å². The number of rotatable bonds is 2. The Morgan fingerprint density at radius 1 is 1.27 bits per heavy atom. The van der Waals surface area contributed by atoms with Gasteiger partial charge in [0, 0.05) is 30.3 Å². The summed E-state index contributed by atoms with van der Waals surface area (Å²) in [4.78, 5) is 17.4. The first-order valence-corrected chi connectivity index (χ1v) is 6.64. The molecule has 0 spiro atoms. The van der Waals surface area contributed by atoms with Gasteiger partial charge in [-0.25, -0.2) is 4.79 Å². The number of urea groups is 1. The number of aromatic nitrogens is 2. The quantitative estimate of drug-likeness (QED) is 0.786. The van der Waals surface area contributed by atoms with Gasteiger partial charge in [0.2, 0.25) is 0 Å². The number of hydrogen-bond acceptors (Lipinski definition) is 2. The molecule has 0 atom stereocenters. The molecule has 2 N–H and O–H groups in total. The monoisotopic (exact) mass is 316 g/mol. The molecular weight excluding hydrogens is 300 g/mol. The van der Waals surface area contributed by atoms with Crippen molar-refractivity contribution < 1.29 is 4.79 Å². The van der Waals surface area contributed by atoms with Gasteiger partial charge >= 0.3 is 6.03 Å². The van der Waals surface area contributed by atoms with Crippen molar-refractivity contribution in [1.29, 1.82) is 0 Å². The molecule has 2 amide bonds. The van der Waals surface area contributed by atoms with Crippen LogP contribution in [-0.2, 0) is 7.05 Å². The third-order valence-electron chi connectivity index (χ3n) is 3.67. The van der Waals surface area contributed by atoms with Crippen LogP contribution in [0.25, 0.3) is 10.9 Å². The molecule has 0 unspecified atom stereocenters. The van der Waals surface area contributed by atoms with Gasteiger partial charge in [0.15, 0.2) is 0 Å². The zero-order valence-corrected chi connectivity index (χ0v) is 13.2. The lowest BCUT2D eigenvalue weighted by Crippen LogP contribution is -2.32. The van der Waals surface area contributed by atoms with E-state index in [4.69, 9.17) is 5.73 Å². The molecule has 0 bridgehead atoms. The number of anilines is 2. The maximum atomic E-state index is 11.9. The fourth-order valence-corrected chi connectivity index (χ4v) is 2.60. The van der Waals surface area contributed by atoms with E-state index in [2.05, 4.69) is 4.98 Å². The van der Waals surface area contributed by atoms with E-state index in [1.807, 2.05) is 49.0 Å². The first-order valence-electron chi connectivity index (χ1n) is 6.64. The number of nitrogens with zero attached hydrogens (tertiary/aromatic N) is 3. The summed E-state index contributed by atoms with van der Waals surface area (Å²) in [6.07, 6.45) is 5.29. The van der Waals surface area contributed by atoms with E-state index in [-0.39, 0.29) is 12.4 Å². The largest absolute Gasteiger partial charge is 0.351 e. The smallest absolute Gasteiger partial charge is 0.323 e. The molecule has 3 rings (SSSR count). The van der Waals surface area contributed by atoms with Gasteiger partial charge in [-0.2, -0.15) is 0 Å². The average molecular weight is 317 g/mol. The molecule has 0 fully saturated rings. The molecule has 1 aromatic carbocycles. The first-order chi connectivity index (χ1) is 10.1. The summed E-state index contributed by atoms with van der Waals surface area (Å²) in [7, 11) is 1.99. The third kappa shape index (κ3) is 2.51. The van der Waals surface area contributed by atoms with E-state index in [9.17, 15) is 4.79 Å². The van der Waals surface area contributed by atoms with Crippen LogP contribution in [0, 0.1) is 6.92 Å². The van der Waals surface area contributed by atoms with Crippen LogP contribution in [0.15, 0.2) is 48.9 Å². The second-order valence-electron chi connectivity index (χ2n) is 4.95. The van der Waals surface area contributed by atoms with E-state index in [1.54, 1.807) is 18.5 Å². The maximum Gasteiger partial charge on any atom is 0.323 e. The van der Waals surface area contributed by atoms with Crippen molar-refractivity contribution in [2.75, 3.05) is 4.90 Å². The maximum absolute atomic E-state index is 11.9. The zero-order valence-electron chi connectivity index (χ0n) is 12.4. The molecule has 2 heterocycles. The molecule has 0 saturated heterocycles. The van der Waals surface area contributed by atoms with Gasteiger partial charge in [0.1, 0.15) is 0 Å². The fraction of sp³-hybridized carbons (Fsp3) is 0.125. The standard InChI is InChI=1S/C16H16N4O.ClH/c1-11-13-7-9-19(2)15(13)6-5-14(11)20(16(17)21)12-4-3-8-18-10-12;/h3-10H,1-2H3,(H2,17,21);1H. The zero-order chi connectivity index (χ0) is 15.0. The third-order valence-corrected chi connectivity index (χ3v) is 3.67. The topological polar surface area (TPSA) is 64.2 Å². The SMILES string of the molecule is Cc1c(N(C(N)=O)c2cccnc2)ccc2c1ccn2C.Cl. The number of nitrogens with two attached hydrogens (primary N) is 1. The highest BCUT2D eigenvalue weighted by Crippen LogP contribution is 2.32. The lowest BCUT2D eigenvalue weighted by atomic mass is 10.1. The normalized spacial score (nSPS) is 10.3. The number of carbonyl (C=O) groups is 1. The summed E-state index contributed by atoms with van der Waals surface area (Å²) >= 11 is 0. The summed E-state index contributed by atoms with van der Waals surface area (Å²) in [6.45, 7) is 1.99. The van der Waals surface area contributed by atoms with Crippen molar-refractivity contribution in [2.45, 2.75) is 6.92 Å². The highest BCUT2D eigenvalue weighted by atomic mass is 35.5. The van der Waals surface area contributed by atoms with Crippen molar-refractivity contribution in [1.82, 2.24) is 9.55 Å². The van der Waals surface area contributed by atoms with Gasteiger partial charge in [-0.3, -0.25) is 9.88 Å². The molecule has 0 aliphatic rings. The van der Waals surface area contributed by atoms with Crippen LogP contribution in [0.3, 0.4) is 0 Å². The van der Waals surface area contributed by atoms with Crippen LogP contribution in [-0.4, -0.2) is 15.6 Å². The molecule has 0 radical (unpaired) electrons. The second-order valence-corrected chi connectivity index (χ2v) is 4.95. The van der Waals surface area contributed by atoms with Crippen LogP contribution < -0.4 is 10.6 Å². The van der Waals surface area contributed by atoms with Gasteiger partial charge in [-0.1, -0.05) is 0 Å². The molecule has 0 aliphatic carbocycles. The van der Waals surface area contributed by atoms with Gasteiger partial charge in [-0.05, 0) is 42.8 Å². The minimum atomic E-state index is -0.526. The molecule has 0 aliphatic heterocycles. The fourth-order valence-electron chi connectivity index (χ4n) is 2.60. The number of aryl methyl sites for hydroxylation is 2. The lowest BCUT2D eigenvalue weighted by Gasteiger charge is -2.22. The highest BCUT2D eigenvalue weighted by molar-refractivity contribution is 6.02. The van der Waals surface area contributed by atoms with Gasteiger partial charge in [0.25, 0.3) is 0 Å². The van der Waals surface area contributed by atoms with Crippen LogP contribution >= 0.6 is 12.4 Å². The number of amides is 2. The molecule has 5 nitrogen and oxygen atoms in total. The summed E-state index contributed by atoms with van der Waals surface area (Å²) < 4.78 is 2.05. The Morgan fingerprint density at radius 2 is 2.05 bits per heavy atom. The van der Waals surface area contributed by atoms with Crippen LogP contribution in [0.1, 0.15) is 5.56 Å². The Labute approximate surface area is 134 Å². The van der Waals surface area contributed by atoms with Gasteiger partial charge < -0.3 is 10.3 Å². The minimum Gasteiger partial charge on any atom is -0.351 e. The van der Waals surface area contributed by atoms with Crippen molar-refractivity contribution >= 4 is 40.7 Å². The highest BCUT2D eigenvalue weighted by Gasteiger charge is 2.18. The van der Waals surface area contributed by atoms with Crippen LogP contribution in [0.2, 0.25) is 0 Å². The predicted octanol–water partition coefficient (Wildman–Crippen LogP) is 3.52. The Hall–Kier alpha value is -2.53. The van der Waals surface area contributed by atoms with Gasteiger partial charge in [-0.15, -0.1) is 12.4 Å². The first kappa shape index (κ1) is 15.9. The molecule has 3 aromatic rings. The predicted molar refractivity (Wildman–Crippen MR) is 90.9 cm³/mol. The number of fused-ring (bicyclic) bond motifs is 1. The number of benzene rings is 1. The molecule has 0 saturated carbocycles. The number of primary amides is 1. The van der Waals surface area contributed by atoms with Crippen LogP contribution in [0.4, 0.5) is 16.2 Å². The molecule has 2 aromatic heterocycles. The van der Waals surface area contributed by atoms with Crippen molar-refractivity contribution in [3.8, 4) is 0 Å². The van der Waals surface area contributed by atoms with Crippen molar-refractivity contribution in [3.63, 3.8) is 0 Å². The van der Waals surface area contributed by atoms with E-state index in [0.717, 1.165) is 22.2 Å². The number of halogens is 1. The summed E-state index contributed by atoms with van der Waals surface area (Å²) in [5.41, 5.74) is 9.13. The Balaban J connectivity index is 0.00000176. The minimum absolute atomic E-state index is 0.